The third-order valence-electron chi connectivity index (χ3n) is 3.68. The van der Waals surface area contributed by atoms with Crippen LogP contribution < -0.4 is 5.09 Å². The highest BCUT2D eigenvalue weighted by atomic mass is 35.5. The topological polar surface area (TPSA) is 68.0 Å². The highest BCUT2D eigenvalue weighted by Crippen LogP contribution is 2.47. The van der Waals surface area contributed by atoms with Crippen LogP contribution in [0.2, 0.25) is 5.02 Å². The van der Waals surface area contributed by atoms with E-state index in [0.29, 0.717) is 10.7 Å². The van der Waals surface area contributed by atoms with Crippen molar-refractivity contribution < 1.29 is 22.3 Å². The van der Waals surface area contributed by atoms with Gasteiger partial charge in [0.2, 0.25) is 5.82 Å². The maximum absolute atomic E-state index is 14.5. The molecule has 5 nitrogen and oxygen atoms in total. The van der Waals surface area contributed by atoms with Crippen molar-refractivity contribution in [3.63, 3.8) is 0 Å². The second-order valence-corrected chi connectivity index (χ2v) is 9.70. The first kappa shape index (κ1) is 20.7. The summed E-state index contributed by atoms with van der Waals surface area (Å²) >= 11 is 10.9. The minimum absolute atomic E-state index is 0.0957. The molecule has 0 fully saturated rings. The van der Waals surface area contributed by atoms with Gasteiger partial charge in [0.1, 0.15) is 5.82 Å². The van der Waals surface area contributed by atoms with E-state index in [-0.39, 0.29) is 23.1 Å². The Morgan fingerprint density at radius 1 is 1.25 bits per heavy atom. The van der Waals surface area contributed by atoms with Crippen molar-refractivity contribution >= 4 is 36.2 Å². The minimum Gasteiger partial charge on any atom is -0.335 e. The number of aromatic nitrogens is 2. The molecule has 1 N–H and O–H groups in total. The zero-order valence-corrected chi connectivity index (χ0v) is 16.7. The molecule has 28 heavy (non-hydrogen) atoms. The average molecular weight is 450 g/mol. The standard InChI is InChI=1S/C17H13Cl2F3N3O2P/c1-28(26,25-14-5-3-2-4-12(14)18)9-11-7-6-10(8-13(11)20)15-23-16(27-24-15)17(19,21)22/h2-8H,9H2,1H3,(H,25,26). The van der Waals surface area contributed by atoms with E-state index in [4.69, 9.17) is 23.2 Å². The molecule has 0 aliphatic carbocycles. The zero-order chi connectivity index (χ0) is 20.5. The van der Waals surface area contributed by atoms with Gasteiger partial charge in [-0.2, -0.15) is 13.8 Å². The summed E-state index contributed by atoms with van der Waals surface area (Å²) in [7, 11) is -3.04. The summed E-state index contributed by atoms with van der Waals surface area (Å²) in [6, 6.07) is 10.6. The number of nitrogens with zero attached hydrogens (tertiary/aromatic N) is 2. The van der Waals surface area contributed by atoms with Crippen LogP contribution in [-0.4, -0.2) is 16.8 Å². The highest BCUT2D eigenvalue weighted by Gasteiger charge is 2.35. The lowest BCUT2D eigenvalue weighted by molar-refractivity contribution is 0.0551. The van der Waals surface area contributed by atoms with Crippen LogP contribution in [0.1, 0.15) is 11.5 Å². The van der Waals surface area contributed by atoms with E-state index in [1.165, 1.54) is 18.8 Å². The van der Waals surface area contributed by atoms with Crippen molar-refractivity contribution in [2.75, 3.05) is 11.8 Å². The highest BCUT2D eigenvalue weighted by molar-refractivity contribution is 7.63. The van der Waals surface area contributed by atoms with Gasteiger partial charge in [-0.05, 0) is 35.4 Å². The summed E-state index contributed by atoms with van der Waals surface area (Å²) in [5.41, 5.74) is 0.760. The first-order chi connectivity index (χ1) is 13.0. The van der Waals surface area contributed by atoms with E-state index in [1.807, 2.05) is 0 Å². The molecule has 0 saturated carbocycles. The van der Waals surface area contributed by atoms with Gasteiger partial charge < -0.3 is 14.2 Å². The monoisotopic (exact) mass is 449 g/mol. The van der Waals surface area contributed by atoms with Gasteiger partial charge in [-0.3, -0.25) is 0 Å². The zero-order valence-electron chi connectivity index (χ0n) is 14.3. The smallest absolute Gasteiger partial charge is 0.335 e. The van der Waals surface area contributed by atoms with Crippen molar-refractivity contribution in [2.45, 2.75) is 11.5 Å². The molecule has 1 atom stereocenters. The number of nitrogens with one attached hydrogen (secondary N) is 1. The van der Waals surface area contributed by atoms with Crippen LogP contribution in [0.25, 0.3) is 11.4 Å². The molecule has 3 rings (SSSR count). The van der Waals surface area contributed by atoms with E-state index in [0.717, 1.165) is 6.07 Å². The SMILES string of the molecule is CP(=O)(Cc1ccc(-c2noc(C(F)(F)Cl)n2)cc1F)Nc1ccccc1Cl. The van der Waals surface area contributed by atoms with Crippen molar-refractivity contribution in [3.05, 3.63) is 64.8 Å². The number of benzene rings is 2. The van der Waals surface area contributed by atoms with Crippen molar-refractivity contribution in [1.29, 1.82) is 0 Å². The largest absolute Gasteiger partial charge is 0.400 e. The molecule has 1 heterocycles. The van der Waals surface area contributed by atoms with Crippen LogP contribution >= 0.6 is 30.5 Å². The summed E-state index contributed by atoms with van der Waals surface area (Å²) in [4.78, 5) is 3.45. The minimum atomic E-state index is -3.82. The molecule has 0 saturated heterocycles. The number of halogens is 5. The third kappa shape index (κ3) is 4.87. The quantitative estimate of drug-likeness (QED) is 0.351. The van der Waals surface area contributed by atoms with Gasteiger partial charge in [-0.15, -0.1) is 0 Å². The Kier molecular flexibility index (Phi) is 5.75. The predicted octanol–water partition coefficient (Wildman–Crippen LogP) is 6.34. The van der Waals surface area contributed by atoms with Gasteiger partial charge in [0.25, 0.3) is 0 Å². The van der Waals surface area contributed by atoms with Crippen molar-refractivity contribution in [2.24, 2.45) is 0 Å². The Bertz CT molecular complexity index is 1060. The molecule has 148 valence electrons. The number of anilines is 1. The second-order valence-electron chi connectivity index (χ2n) is 6.08. The fraction of sp³-hybridized carbons (Fsp3) is 0.176. The Balaban J connectivity index is 1.80. The lowest BCUT2D eigenvalue weighted by Crippen LogP contribution is -2.03. The maximum atomic E-state index is 14.5. The van der Waals surface area contributed by atoms with E-state index in [9.17, 15) is 17.7 Å². The molecular weight excluding hydrogens is 437 g/mol. The summed E-state index contributed by atoms with van der Waals surface area (Å²) in [5, 5.41) is 2.79. The molecule has 1 unspecified atom stereocenters. The van der Waals surface area contributed by atoms with Crippen LogP contribution in [0.5, 0.6) is 0 Å². The molecule has 3 aromatic rings. The average Bonchev–Trinajstić information content (AvgIpc) is 3.09. The van der Waals surface area contributed by atoms with Gasteiger partial charge in [0.15, 0.2) is 7.29 Å². The first-order valence-corrected chi connectivity index (χ1v) is 10.9. The van der Waals surface area contributed by atoms with E-state index in [2.05, 4.69) is 19.8 Å². The van der Waals surface area contributed by atoms with Gasteiger partial charge in [-0.25, -0.2) is 4.39 Å². The Labute approximate surface area is 168 Å². The molecule has 0 spiro atoms. The summed E-state index contributed by atoms with van der Waals surface area (Å²) in [5.74, 6) is -2.02. The summed E-state index contributed by atoms with van der Waals surface area (Å²) in [6.45, 7) is 1.47. The lowest BCUT2D eigenvalue weighted by Gasteiger charge is -2.17. The van der Waals surface area contributed by atoms with Gasteiger partial charge in [0.05, 0.1) is 10.7 Å². The molecule has 0 aliphatic rings. The van der Waals surface area contributed by atoms with Gasteiger partial charge >= 0.3 is 11.3 Å². The molecule has 1 aromatic heterocycles. The van der Waals surface area contributed by atoms with E-state index >= 15 is 0 Å². The molecule has 0 amide bonds. The van der Waals surface area contributed by atoms with Crippen molar-refractivity contribution in [3.8, 4) is 11.4 Å². The summed E-state index contributed by atoms with van der Waals surface area (Å²) < 4.78 is 57.7. The van der Waals surface area contributed by atoms with E-state index < -0.39 is 24.4 Å². The van der Waals surface area contributed by atoms with E-state index in [1.54, 1.807) is 24.3 Å². The molecule has 0 bridgehead atoms. The Hall–Kier alpha value is -2.02. The molecule has 0 aliphatic heterocycles. The summed E-state index contributed by atoms with van der Waals surface area (Å²) in [6.07, 6.45) is -0.0957. The number of rotatable bonds is 6. The van der Waals surface area contributed by atoms with Gasteiger partial charge in [0, 0.05) is 18.4 Å². The number of para-hydroxylation sites is 1. The number of alkyl halides is 3. The second kappa shape index (κ2) is 7.78. The number of hydrogen-bond donors (Lipinski definition) is 1. The Morgan fingerprint density at radius 3 is 2.57 bits per heavy atom. The van der Waals surface area contributed by atoms with Crippen LogP contribution in [0.3, 0.4) is 0 Å². The van der Waals surface area contributed by atoms with Gasteiger partial charge in [-0.1, -0.05) is 41.0 Å². The first-order valence-electron chi connectivity index (χ1n) is 7.84. The fourth-order valence-corrected chi connectivity index (χ4v) is 4.46. The molecule has 2 aromatic carbocycles. The lowest BCUT2D eigenvalue weighted by atomic mass is 10.1. The molecule has 11 heteroatoms. The maximum Gasteiger partial charge on any atom is 0.400 e. The molecular formula is C17H13Cl2F3N3O2P. The number of hydrogen-bond acceptors (Lipinski definition) is 4. The third-order valence-corrected chi connectivity index (χ3v) is 5.83. The predicted molar refractivity (Wildman–Crippen MR) is 102 cm³/mol. The van der Waals surface area contributed by atoms with Crippen LogP contribution in [-0.2, 0) is 16.1 Å². The Morgan fingerprint density at radius 2 is 1.96 bits per heavy atom. The van der Waals surface area contributed by atoms with Crippen LogP contribution in [0.15, 0.2) is 47.0 Å². The van der Waals surface area contributed by atoms with Crippen LogP contribution in [0.4, 0.5) is 18.9 Å². The molecule has 0 radical (unpaired) electrons. The normalized spacial score (nSPS) is 13.9. The van der Waals surface area contributed by atoms with Crippen LogP contribution in [0, 0.1) is 5.82 Å². The van der Waals surface area contributed by atoms with Crippen molar-refractivity contribution in [1.82, 2.24) is 10.1 Å². The fourth-order valence-electron chi connectivity index (χ4n) is 2.44.